The summed E-state index contributed by atoms with van der Waals surface area (Å²) in [5.41, 5.74) is 1.82. The van der Waals surface area contributed by atoms with E-state index in [2.05, 4.69) is 10.6 Å². The van der Waals surface area contributed by atoms with Gasteiger partial charge in [-0.2, -0.15) is 0 Å². The van der Waals surface area contributed by atoms with Gasteiger partial charge in [-0.1, -0.05) is 61.7 Å². The number of fused-ring (bicyclic) bond motifs is 1. The largest absolute Gasteiger partial charge is 0.343 e. The summed E-state index contributed by atoms with van der Waals surface area (Å²) < 4.78 is 13.5. The first-order valence-corrected chi connectivity index (χ1v) is 15.4. The second-order valence-electron chi connectivity index (χ2n) is 12.0. The Morgan fingerprint density at radius 2 is 1.66 bits per heavy atom. The van der Waals surface area contributed by atoms with Crippen molar-refractivity contribution >= 4 is 36.0 Å². The molecule has 238 valence electrons. The van der Waals surface area contributed by atoms with Crippen molar-refractivity contribution in [1.82, 2.24) is 25.3 Å². The molecule has 2 heterocycles. The van der Waals surface area contributed by atoms with Gasteiger partial charge < -0.3 is 25.3 Å². The molecule has 4 atom stereocenters. The van der Waals surface area contributed by atoms with Crippen LogP contribution in [-0.2, 0) is 32.0 Å². The molecular formula is C33H43ClFN5O4. The Balaban J connectivity index is 0.00000442. The Kier molecular flexibility index (Phi) is 11.4. The van der Waals surface area contributed by atoms with Gasteiger partial charge in [-0.25, -0.2) is 4.39 Å². The van der Waals surface area contributed by atoms with Crippen LogP contribution in [0.15, 0.2) is 54.6 Å². The average Bonchev–Trinajstić information content (AvgIpc) is 3.36. The molecule has 2 saturated heterocycles. The minimum atomic E-state index is -0.758. The molecule has 2 aromatic carbocycles. The second-order valence-corrected chi connectivity index (χ2v) is 12.0. The van der Waals surface area contributed by atoms with Crippen LogP contribution in [0.1, 0.15) is 50.2 Å². The lowest BCUT2D eigenvalue weighted by Crippen LogP contribution is -2.66. The molecule has 3 fully saturated rings. The van der Waals surface area contributed by atoms with Crippen LogP contribution in [0.3, 0.4) is 0 Å². The highest BCUT2D eigenvalue weighted by Gasteiger charge is 2.52. The molecule has 1 saturated carbocycles. The van der Waals surface area contributed by atoms with Crippen molar-refractivity contribution in [1.29, 1.82) is 0 Å². The summed E-state index contributed by atoms with van der Waals surface area (Å²) in [6.07, 6.45) is 4.96. The fourth-order valence-electron chi connectivity index (χ4n) is 6.64. The van der Waals surface area contributed by atoms with E-state index in [1.165, 1.54) is 12.1 Å². The number of halogens is 2. The van der Waals surface area contributed by atoms with Gasteiger partial charge in [0.25, 0.3) is 0 Å². The van der Waals surface area contributed by atoms with Crippen molar-refractivity contribution in [3.8, 4) is 0 Å². The van der Waals surface area contributed by atoms with Gasteiger partial charge in [-0.3, -0.25) is 19.2 Å². The predicted molar refractivity (Wildman–Crippen MR) is 167 cm³/mol. The molecule has 11 heteroatoms. The maximum absolute atomic E-state index is 14.3. The third-order valence-electron chi connectivity index (χ3n) is 9.24. The lowest BCUT2D eigenvalue weighted by molar-refractivity contribution is -0.156. The minimum Gasteiger partial charge on any atom is -0.343 e. The molecule has 1 aliphatic carbocycles. The SMILES string of the molecule is CN[C@@H](C)C(=O)N[C@H](C(=O)N1CC(=O)N2[C@@H]1CN(CCc1ccc(F)cc1)C(=O)[C@@H]2Cc1ccccc1)C1CCCCC1.Cl. The first kappa shape index (κ1) is 33.4. The predicted octanol–water partition coefficient (Wildman–Crippen LogP) is 2.91. The summed E-state index contributed by atoms with van der Waals surface area (Å²) in [6.45, 7) is 2.17. The van der Waals surface area contributed by atoms with E-state index in [9.17, 15) is 23.6 Å². The van der Waals surface area contributed by atoms with Gasteiger partial charge in [0.2, 0.25) is 23.6 Å². The van der Waals surface area contributed by atoms with E-state index in [0.717, 1.165) is 43.2 Å². The van der Waals surface area contributed by atoms with E-state index in [0.29, 0.717) is 19.4 Å². The monoisotopic (exact) mass is 627 g/mol. The second kappa shape index (κ2) is 15.0. The zero-order valence-electron chi connectivity index (χ0n) is 25.4. The number of rotatable bonds is 10. The molecule has 9 nitrogen and oxygen atoms in total. The fraction of sp³-hybridized carbons (Fsp3) is 0.515. The van der Waals surface area contributed by atoms with E-state index in [-0.39, 0.29) is 60.9 Å². The summed E-state index contributed by atoms with van der Waals surface area (Å²) in [6, 6.07) is 13.8. The standard InChI is InChI=1S/C33H42FN5O4.ClH/c1-22(35-2)31(41)36-30(25-11-7-4-8-12-25)33(43)38-21-29(40)39-27(19-24-9-5-3-6-10-24)32(42)37(20-28(38)39)18-17-23-13-15-26(34)16-14-23;/h3,5-6,9-10,13-16,22,25,27-28,30,35H,4,7-8,11-12,17-21H2,1-2H3,(H,36,41);1H/t22-,27-,28+,30-;/m0./s1. The molecule has 2 aromatic rings. The third-order valence-corrected chi connectivity index (χ3v) is 9.24. The van der Waals surface area contributed by atoms with Crippen LogP contribution in [0.2, 0.25) is 0 Å². The molecule has 5 rings (SSSR count). The topological polar surface area (TPSA) is 102 Å². The summed E-state index contributed by atoms with van der Waals surface area (Å²) >= 11 is 0. The molecule has 3 aliphatic rings. The van der Waals surface area contributed by atoms with E-state index in [4.69, 9.17) is 0 Å². The van der Waals surface area contributed by atoms with Gasteiger partial charge in [0, 0.05) is 13.0 Å². The Bertz CT molecular complexity index is 1310. The van der Waals surface area contributed by atoms with Crippen LogP contribution < -0.4 is 10.6 Å². The molecule has 4 amide bonds. The van der Waals surface area contributed by atoms with Crippen LogP contribution in [0.25, 0.3) is 0 Å². The highest BCUT2D eigenvalue weighted by atomic mass is 35.5. The molecule has 0 bridgehead atoms. The van der Waals surface area contributed by atoms with E-state index in [1.54, 1.807) is 40.8 Å². The maximum atomic E-state index is 14.3. The Labute approximate surface area is 264 Å². The highest BCUT2D eigenvalue weighted by molar-refractivity contribution is 5.97. The number of piperazine rings is 1. The molecule has 2 N–H and O–H groups in total. The summed E-state index contributed by atoms with van der Waals surface area (Å²) in [4.78, 5) is 59.7. The Hall–Kier alpha value is -3.50. The van der Waals surface area contributed by atoms with E-state index in [1.807, 2.05) is 30.3 Å². The smallest absolute Gasteiger partial charge is 0.247 e. The summed E-state index contributed by atoms with van der Waals surface area (Å²) in [7, 11) is 1.70. The van der Waals surface area contributed by atoms with Crippen molar-refractivity contribution in [2.45, 2.75) is 76.2 Å². The van der Waals surface area contributed by atoms with Crippen LogP contribution in [-0.4, -0.2) is 89.3 Å². The van der Waals surface area contributed by atoms with E-state index < -0.39 is 24.3 Å². The first-order chi connectivity index (χ1) is 20.8. The van der Waals surface area contributed by atoms with Gasteiger partial charge in [-0.15, -0.1) is 12.4 Å². The number of benzene rings is 2. The number of carbonyl (C=O) groups is 4. The lowest BCUT2D eigenvalue weighted by Gasteiger charge is -2.45. The van der Waals surface area contributed by atoms with Gasteiger partial charge in [0.1, 0.15) is 30.6 Å². The van der Waals surface area contributed by atoms with Gasteiger partial charge >= 0.3 is 0 Å². The van der Waals surface area contributed by atoms with Gasteiger partial charge in [-0.05, 0) is 62.4 Å². The number of likely N-dealkylation sites (N-methyl/N-ethyl adjacent to an activating group) is 1. The zero-order valence-corrected chi connectivity index (χ0v) is 26.2. The van der Waals surface area contributed by atoms with Crippen molar-refractivity contribution < 1.29 is 23.6 Å². The number of nitrogens with one attached hydrogen (secondary N) is 2. The Morgan fingerprint density at radius 3 is 2.32 bits per heavy atom. The number of carbonyl (C=O) groups excluding carboxylic acids is 4. The molecule has 2 aliphatic heterocycles. The summed E-state index contributed by atoms with van der Waals surface area (Å²) in [5, 5.41) is 5.95. The van der Waals surface area contributed by atoms with Crippen molar-refractivity contribution in [2.24, 2.45) is 5.92 Å². The highest BCUT2D eigenvalue weighted by Crippen LogP contribution is 2.32. The number of nitrogens with zero attached hydrogens (tertiary/aromatic N) is 3. The molecule has 0 spiro atoms. The van der Waals surface area contributed by atoms with Crippen molar-refractivity contribution in [3.63, 3.8) is 0 Å². The average molecular weight is 628 g/mol. The van der Waals surface area contributed by atoms with Crippen LogP contribution in [0.4, 0.5) is 4.39 Å². The maximum Gasteiger partial charge on any atom is 0.247 e. The van der Waals surface area contributed by atoms with Crippen LogP contribution in [0.5, 0.6) is 0 Å². The molecule has 0 unspecified atom stereocenters. The Morgan fingerprint density at radius 1 is 0.977 bits per heavy atom. The fourth-order valence-corrected chi connectivity index (χ4v) is 6.64. The van der Waals surface area contributed by atoms with Gasteiger partial charge in [0.15, 0.2) is 0 Å². The summed E-state index contributed by atoms with van der Waals surface area (Å²) in [5.74, 6) is -1.28. The number of hydrogen-bond donors (Lipinski definition) is 2. The molecular weight excluding hydrogens is 585 g/mol. The third kappa shape index (κ3) is 7.41. The molecule has 44 heavy (non-hydrogen) atoms. The van der Waals surface area contributed by atoms with Crippen molar-refractivity contribution in [2.75, 3.05) is 26.7 Å². The van der Waals surface area contributed by atoms with Crippen molar-refractivity contribution in [3.05, 3.63) is 71.5 Å². The lowest BCUT2D eigenvalue weighted by atomic mass is 9.83. The van der Waals surface area contributed by atoms with E-state index >= 15 is 0 Å². The molecule has 0 radical (unpaired) electrons. The zero-order chi connectivity index (χ0) is 30.5. The number of hydrogen-bond acceptors (Lipinski definition) is 5. The van der Waals surface area contributed by atoms with Crippen LogP contribution in [0, 0.1) is 11.7 Å². The molecule has 0 aromatic heterocycles. The minimum absolute atomic E-state index is 0. The quantitative estimate of drug-likeness (QED) is 0.422. The number of amides is 4. The van der Waals surface area contributed by atoms with Gasteiger partial charge in [0.05, 0.1) is 12.6 Å². The van der Waals surface area contributed by atoms with Crippen LogP contribution >= 0.6 is 12.4 Å². The normalized spacial score (nSPS) is 21.8. The first-order valence-electron chi connectivity index (χ1n) is 15.4.